The van der Waals surface area contributed by atoms with E-state index >= 15 is 0 Å². The molecule has 9 heteroatoms. The molecule has 2 heterocycles. The van der Waals surface area contributed by atoms with E-state index in [1.807, 2.05) is 41.8 Å². The molecule has 286 valence electrons. The van der Waals surface area contributed by atoms with Crippen LogP contribution in [0.5, 0.6) is 0 Å². The number of aliphatic hydroxyl groups excluding tert-OH is 1. The van der Waals surface area contributed by atoms with Gasteiger partial charge in [-0.1, -0.05) is 34.6 Å². The first kappa shape index (κ1) is 37.5. The molecule has 9 nitrogen and oxygen atoms in total. The maximum Gasteiger partial charge on any atom is 0.239 e. The van der Waals surface area contributed by atoms with Gasteiger partial charge >= 0.3 is 0 Å². The van der Waals surface area contributed by atoms with Crippen molar-refractivity contribution in [2.24, 2.45) is 50.7 Å². The lowest BCUT2D eigenvalue weighted by Crippen LogP contribution is -2.60. The van der Waals surface area contributed by atoms with E-state index in [9.17, 15) is 15.0 Å². The first-order valence-corrected chi connectivity index (χ1v) is 20.2. The minimum atomic E-state index is -1.03. The smallest absolute Gasteiger partial charge is 0.239 e. The molecule has 50 heavy (non-hydrogen) atoms. The van der Waals surface area contributed by atoms with E-state index in [0.717, 1.165) is 32.2 Å². The molecule has 2 N–H and O–H groups in total. The molecule has 0 aromatic carbocycles. The van der Waals surface area contributed by atoms with E-state index in [1.165, 1.54) is 25.7 Å². The second-order valence-corrected chi connectivity index (χ2v) is 19.9. The molecule has 7 rings (SSSR count). The molecule has 4 unspecified atom stereocenters. The van der Waals surface area contributed by atoms with Crippen molar-refractivity contribution in [1.82, 2.24) is 9.80 Å². The molecular weight excluding hydrogens is 632 g/mol. The molecule has 0 aromatic rings. The molecule has 2 spiro atoms. The fourth-order valence-electron chi connectivity index (χ4n) is 14.5. The van der Waals surface area contributed by atoms with Crippen molar-refractivity contribution in [1.29, 1.82) is 0 Å². The average Bonchev–Trinajstić information content (AvgIpc) is 3.68. The number of rotatable bonds is 8. The van der Waals surface area contributed by atoms with Crippen LogP contribution in [0.4, 0.5) is 0 Å². The third-order valence-electron chi connectivity index (χ3n) is 16.9. The Labute approximate surface area is 302 Å². The Balaban J connectivity index is 1.10. The molecule has 1 amide bonds. The van der Waals surface area contributed by atoms with Gasteiger partial charge < -0.3 is 34.1 Å². The van der Waals surface area contributed by atoms with Crippen LogP contribution in [0.1, 0.15) is 114 Å². The van der Waals surface area contributed by atoms with Crippen molar-refractivity contribution in [2.45, 2.75) is 162 Å². The van der Waals surface area contributed by atoms with E-state index in [4.69, 9.17) is 18.9 Å². The Bertz CT molecular complexity index is 1300. The van der Waals surface area contributed by atoms with Gasteiger partial charge in [-0.25, -0.2) is 0 Å². The number of aliphatic hydroxyl groups is 2. The second kappa shape index (κ2) is 12.4. The Morgan fingerprint density at radius 3 is 2.40 bits per heavy atom. The number of fused-ring (bicyclic) bond motifs is 4. The number of carbonyl (C=O) groups excluding carboxylic acids is 1. The Morgan fingerprint density at radius 2 is 1.74 bits per heavy atom. The summed E-state index contributed by atoms with van der Waals surface area (Å²) in [6.07, 6.45) is 7.39. The summed E-state index contributed by atoms with van der Waals surface area (Å²) in [6.45, 7) is 22.3. The van der Waals surface area contributed by atoms with Crippen LogP contribution in [0.2, 0.25) is 0 Å². The Hall–Kier alpha value is -0.810. The van der Waals surface area contributed by atoms with Gasteiger partial charge in [0.1, 0.15) is 6.10 Å². The largest absolute Gasteiger partial charge is 0.390 e. The summed E-state index contributed by atoms with van der Waals surface area (Å²) in [4.78, 5) is 16.6. The van der Waals surface area contributed by atoms with Gasteiger partial charge in [0.2, 0.25) is 5.91 Å². The van der Waals surface area contributed by atoms with Crippen LogP contribution in [0, 0.1) is 50.7 Å². The van der Waals surface area contributed by atoms with E-state index in [0.29, 0.717) is 48.8 Å². The summed E-state index contributed by atoms with van der Waals surface area (Å²) < 4.78 is 26.2. The highest BCUT2D eigenvalue weighted by Crippen LogP contribution is 2.89. The number of hydrogen-bond acceptors (Lipinski definition) is 8. The van der Waals surface area contributed by atoms with E-state index in [2.05, 4.69) is 39.5 Å². The lowest BCUT2D eigenvalue weighted by molar-refractivity contribution is -0.250. The number of amides is 1. The van der Waals surface area contributed by atoms with Gasteiger partial charge in [0.15, 0.2) is 6.29 Å². The van der Waals surface area contributed by atoms with E-state index in [1.54, 1.807) is 4.90 Å². The molecule has 7 aliphatic rings. The number of hydrogen-bond donors (Lipinski definition) is 2. The summed E-state index contributed by atoms with van der Waals surface area (Å²) in [7, 11) is 3.64. The van der Waals surface area contributed by atoms with Gasteiger partial charge in [-0.15, -0.1) is 0 Å². The summed E-state index contributed by atoms with van der Waals surface area (Å²) in [5.41, 5.74) is -0.685. The van der Waals surface area contributed by atoms with Gasteiger partial charge in [0, 0.05) is 32.7 Å². The van der Waals surface area contributed by atoms with E-state index in [-0.39, 0.29) is 58.2 Å². The van der Waals surface area contributed by atoms with Crippen molar-refractivity contribution in [3.8, 4) is 0 Å². The molecule has 0 radical (unpaired) electrons. The molecule has 0 bridgehead atoms. The molecule has 5 aliphatic carbocycles. The fourth-order valence-corrected chi connectivity index (χ4v) is 14.5. The third-order valence-corrected chi connectivity index (χ3v) is 16.9. The first-order chi connectivity index (χ1) is 23.3. The van der Waals surface area contributed by atoms with Crippen LogP contribution in [-0.2, 0) is 23.7 Å². The number of nitrogens with zero attached hydrogens (tertiary/aromatic N) is 2. The SMILES string of the molecule is CCO[C@@H](C1C[C@@H](C)[C@H]2C(O1)[C@H](O)[C@@]1(C)C3CC[C@H]4C(C)(C)[C@@H](O[C@H]5CN([C@@H](C)C(=O)N(C)C)CCO5)CC[C@@]45CC35CC[C@]21C)C(C)(C)O. The van der Waals surface area contributed by atoms with Crippen molar-refractivity contribution >= 4 is 5.91 Å². The van der Waals surface area contributed by atoms with Gasteiger partial charge in [-0.2, -0.15) is 0 Å². The second-order valence-electron chi connectivity index (χ2n) is 19.9. The third kappa shape index (κ3) is 5.12. The predicted molar refractivity (Wildman–Crippen MR) is 192 cm³/mol. The maximum atomic E-state index is 12.7. The number of morpholine rings is 1. The van der Waals surface area contributed by atoms with Gasteiger partial charge in [0.25, 0.3) is 0 Å². The molecule has 2 saturated heterocycles. The zero-order valence-electron chi connectivity index (χ0n) is 33.2. The van der Waals surface area contributed by atoms with Gasteiger partial charge in [0.05, 0.1) is 49.2 Å². The molecule has 5 saturated carbocycles. The van der Waals surface area contributed by atoms with Crippen LogP contribution < -0.4 is 0 Å². The zero-order chi connectivity index (χ0) is 36.4. The predicted octanol–water partition coefficient (Wildman–Crippen LogP) is 5.50. The Kier molecular flexibility index (Phi) is 9.27. The first-order valence-electron chi connectivity index (χ1n) is 20.2. The zero-order valence-corrected chi connectivity index (χ0v) is 33.2. The van der Waals surface area contributed by atoms with Crippen LogP contribution in [0.15, 0.2) is 0 Å². The topological polar surface area (TPSA) is 101 Å². The summed E-state index contributed by atoms with van der Waals surface area (Å²) in [6, 6.07) is -0.191. The molecule has 7 fully saturated rings. The maximum absolute atomic E-state index is 12.7. The molecular formula is C41H70N2O7. The number of carbonyl (C=O) groups is 1. The van der Waals surface area contributed by atoms with Crippen molar-refractivity contribution in [2.75, 3.05) is 40.4 Å². The summed E-state index contributed by atoms with van der Waals surface area (Å²) in [5.74, 6) is 1.83. The minimum absolute atomic E-state index is 0.00357. The Morgan fingerprint density at radius 1 is 1.06 bits per heavy atom. The van der Waals surface area contributed by atoms with Crippen molar-refractivity contribution < 1.29 is 34.0 Å². The molecule has 15 atom stereocenters. The van der Waals surface area contributed by atoms with E-state index < -0.39 is 17.8 Å². The van der Waals surface area contributed by atoms with Crippen molar-refractivity contribution in [3.63, 3.8) is 0 Å². The minimum Gasteiger partial charge on any atom is -0.390 e. The standard InChI is InChI=1S/C41H70N2O7/c1-12-47-34(37(6,7)46)26-21-24(2)31-32(49-26)33(44)39(9)28-14-13-27-36(4,5)29(15-16-40(27)23-41(28,40)18-17-38(31,39)8)50-30-22-43(19-20-48-30)25(3)35(45)42(10)11/h24-34,44,46H,12-23H2,1-11H3/t24-,25+,26?,27+,28?,29+,30+,31+,32?,33+,34+,38-,39-,40-,41?/m1/s1. The quantitative estimate of drug-likeness (QED) is 0.343. The van der Waals surface area contributed by atoms with Gasteiger partial charge in [-0.05, 0) is 124 Å². The summed E-state index contributed by atoms with van der Waals surface area (Å²) in [5, 5.41) is 23.7. The highest BCUT2D eigenvalue weighted by Gasteiger charge is 2.84. The molecule has 0 aromatic heterocycles. The molecule has 2 aliphatic heterocycles. The van der Waals surface area contributed by atoms with Crippen LogP contribution in [0.25, 0.3) is 0 Å². The lowest BCUT2D eigenvalue weighted by Gasteiger charge is -2.64. The van der Waals surface area contributed by atoms with Crippen LogP contribution in [0.3, 0.4) is 0 Å². The van der Waals surface area contributed by atoms with Crippen molar-refractivity contribution in [3.05, 3.63) is 0 Å². The average molecular weight is 703 g/mol. The van der Waals surface area contributed by atoms with Gasteiger partial charge in [-0.3, -0.25) is 9.69 Å². The highest BCUT2D eigenvalue weighted by atomic mass is 16.7. The van der Waals surface area contributed by atoms with Crippen LogP contribution >= 0.6 is 0 Å². The normalized spacial score (nSPS) is 49.4. The number of likely N-dealkylation sites (N-methyl/N-ethyl adjacent to an activating group) is 1. The van der Waals surface area contributed by atoms with Crippen LogP contribution in [-0.4, -0.2) is 115 Å². The summed E-state index contributed by atoms with van der Waals surface area (Å²) >= 11 is 0. The fraction of sp³-hybridized carbons (Fsp3) is 0.976. The number of ether oxygens (including phenoxy) is 4. The lowest BCUT2D eigenvalue weighted by atomic mass is 9.41. The highest BCUT2D eigenvalue weighted by molar-refractivity contribution is 5.80. The monoisotopic (exact) mass is 703 g/mol.